The Morgan fingerprint density at radius 3 is 2.90 bits per heavy atom. The molecule has 2 atom stereocenters. The molecule has 0 bridgehead atoms. The minimum absolute atomic E-state index is 0.0913. The number of nitrogens with zero attached hydrogens (tertiary/aromatic N) is 2. The van der Waals surface area contributed by atoms with E-state index in [1.165, 1.54) is 6.07 Å². The smallest absolute Gasteiger partial charge is 0.216 e. The molecule has 0 amide bonds. The van der Waals surface area contributed by atoms with E-state index in [1.54, 1.807) is 23.3 Å². The van der Waals surface area contributed by atoms with Crippen molar-refractivity contribution in [3.05, 3.63) is 54.1 Å². The predicted molar refractivity (Wildman–Crippen MR) is 68.2 cm³/mol. The van der Waals surface area contributed by atoms with Crippen molar-refractivity contribution in [3.8, 4) is 0 Å². The number of aliphatic hydroxyl groups excluding tert-OH is 1. The summed E-state index contributed by atoms with van der Waals surface area (Å²) >= 11 is 0. The highest BCUT2D eigenvalue weighted by Gasteiger charge is 2.45. The number of rotatable bonds is 4. The number of benzene rings is 1. The van der Waals surface area contributed by atoms with E-state index in [0.29, 0.717) is 0 Å². The molecule has 1 saturated heterocycles. The quantitative estimate of drug-likeness (QED) is 0.927. The Balaban J connectivity index is 1.99. The highest BCUT2D eigenvalue weighted by molar-refractivity contribution is 5.24. The van der Waals surface area contributed by atoms with E-state index in [4.69, 9.17) is 9.47 Å². The average molecular weight is 296 g/mol. The maximum atomic E-state index is 14.1. The molecule has 112 valence electrons. The second-order valence-corrected chi connectivity index (χ2v) is 4.85. The molecule has 2 heterocycles. The molecule has 3 rings (SSSR count). The van der Waals surface area contributed by atoms with Crippen molar-refractivity contribution >= 4 is 0 Å². The fraction of sp³-hybridized carbons (Fsp3) is 0.357. The third-order valence-corrected chi connectivity index (χ3v) is 3.35. The van der Waals surface area contributed by atoms with Gasteiger partial charge in [0.1, 0.15) is 17.7 Å². The molecule has 0 saturated carbocycles. The Labute approximate surface area is 119 Å². The molecule has 0 unspecified atom stereocenters. The number of hydrogen-bond acceptors (Lipinski definition) is 4. The first-order valence-corrected chi connectivity index (χ1v) is 6.47. The number of imidazole rings is 1. The van der Waals surface area contributed by atoms with Crippen LogP contribution in [0.3, 0.4) is 0 Å². The van der Waals surface area contributed by atoms with Crippen LogP contribution < -0.4 is 0 Å². The summed E-state index contributed by atoms with van der Waals surface area (Å²) in [6, 6.07) is 3.22. The van der Waals surface area contributed by atoms with Crippen LogP contribution in [0, 0.1) is 11.6 Å². The number of ether oxygens (including phenoxy) is 2. The van der Waals surface area contributed by atoms with Crippen LogP contribution in [0.2, 0.25) is 0 Å². The fourth-order valence-corrected chi connectivity index (χ4v) is 2.38. The standard InChI is InChI=1S/C14H14F2N2O3/c15-10-1-2-12(13(16)5-10)14(8-18-4-3-17-9-18)20-7-11(6-19)21-14/h1-5,9,11,19H,6-8H2/t11-,14-/m0/s1. The Kier molecular flexibility index (Phi) is 3.71. The summed E-state index contributed by atoms with van der Waals surface area (Å²) < 4.78 is 40.2. The lowest BCUT2D eigenvalue weighted by Crippen LogP contribution is -2.34. The second kappa shape index (κ2) is 5.51. The molecule has 1 aliphatic rings. The summed E-state index contributed by atoms with van der Waals surface area (Å²) in [5.74, 6) is -2.84. The molecule has 0 spiro atoms. The second-order valence-electron chi connectivity index (χ2n) is 4.85. The van der Waals surface area contributed by atoms with Crippen molar-refractivity contribution in [2.75, 3.05) is 13.2 Å². The first-order chi connectivity index (χ1) is 10.1. The van der Waals surface area contributed by atoms with Gasteiger partial charge in [-0.3, -0.25) is 0 Å². The lowest BCUT2D eigenvalue weighted by atomic mass is 10.0. The van der Waals surface area contributed by atoms with E-state index < -0.39 is 23.5 Å². The van der Waals surface area contributed by atoms with Crippen molar-refractivity contribution in [1.82, 2.24) is 9.55 Å². The lowest BCUT2D eigenvalue weighted by molar-refractivity contribution is -0.191. The number of halogens is 2. The molecule has 1 aromatic carbocycles. The summed E-state index contributed by atoms with van der Waals surface area (Å²) in [6.45, 7) is 0.0303. The third-order valence-electron chi connectivity index (χ3n) is 3.35. The molecule has 5 nitrogen and oxygen atoms in total. The van der Waals surface area contributed by atoms with Gasteiger partial charge in [0, 0.05) is 24.0 Å². The monoisotopic (exact) mass is 296 g/mol. The molecular formula is C14H14F2N2O3. The van der Waals surface area contributed by atoms with Gasteiger partial charge in [0.25, 0.3) is 0 Å². The number of aromatic nitrogens is 2. The summed E-state index contributed by atoms with van der Waals surface area (Å²) in [4.78, 5) is 3.91. The summed E-state index contributed by atoms with van der Waals surface area (Å²) in [7, 11) is 0. The zero-order valence-electron chi connectivity index (χ0n) is 11.1. The normalized spacial score (nSPS) is 25.4. The minimum Gasteiger partial charge on any atom is -0.394 e. The molecule has 1 N–H and O–H groups in total. The maximum Gasteiger partial charge on any atom is 0.216 e. The minimum atomic E-state index is -1.41. The van der Waals surface area contributed by atoms with Crippen LogP contribution in [0.25, 0.3) is 0 Å². The fourth-order valence-electron chi connectivity index (χ4n) is 2.38. The highest BCUT2D eigenvalue weighted by Crippen LogP contribution is 2.37. The van der Waals surface area contributed by atoms with Gasteiger partial charge in [0.05, 0.1) is 26.1 Å². The van der Waals surface area contributed by atoms with Gasteiger partial charge in [-0.15, -0.1) is 0 Å². The van der Waals surface area contributed by atoms with Gasteiger partial charge in [-0.05, 0) is 12.1 Å². The van der Waals surface area contributed by atoms with E-state index >= 15 is 0 Å². The lowest BCUT2D eigenvalue weighted by Gasteiger charge is -2.29. The van der Waals surface area contributed by atoms with Crippen molar-refractivity contribution in [3.63, 3.8) is 0 Å². The van der Waals surface area contributed by atoms with Crippen LogP contribution in [0.1, 0.15) is 5.56 Å². The Morgan fingerprint density at radius 2 is 2.29 bits per heavy atom. The van der Waals surface area contributed by atoms with Crippen LogP contribution in [-0.2, 0) is 21.8 Å². The van der Waals surface area contributed by atoms with Crippen molar-refractivity contribution in [2.24, 2.45) is 0 Å². The van der Waals surface area contributed by atoms with Gasteiger partial charge in [-0.1, -0.05) is 0 Å². The first kappa shape index (κ1) is 14.1. The van der Waals surface area contributed by atoms with Gasteiger partial charge in [0.15, 0.2) is 0 Å². The predicted octanol–water partition coefficient (Wildman–Crippen LogP) is 1.42. The molecular weight excluding hydrogens is 282 g/mol. The van der Waals surface area contributed by atoms with Gasteiger partial charge in [-0.25, -0.2) is 13.8 Å². The van der Waals surface area contributed by atoms with Crippen LogP contribution in [-0.4, -0.2) is 34.0 Å². The molecule has 7 heteroatoms. The SMILES string of the molecule is OC[C@H]1CO[C@](Cn2ccnc2)(c2ccc(F)cc2F)O1. The average Bonchev–Trinajstić information content (AvgIpc) is 3.09. The maximum absolute atomic E-state index is 14.1. The summed E-state index contributed by atoms with van der Waals surface area (Å²) in [5, 5.41) is 9.21. The Hall–Kier alpha value is -1.83. The van der Waals surface area contributed by atoms with Gasteiger partial charge in [0.2, 0.25) is 5.79 Å². The van der Waals surface area contributed by atoms with Crippen LogP contribution >= 0.6 is 0 Å². The highest BCUT2D eigenvalue weighted by atomic mass is 19.1. The van der Waals surface area contributed by atoms with Crippen molar-refractivity contribution < 1.29 is 23.4 Å². The van der Waals surface area contributed by atoms with E-state index in [1.807, 2.05) is 0 Å². The Bertz CT molecular complexity index is 621. The molecule has 1 aromatic heterocycles. The van der Waals surface area contributed by atoms with E-state index in [2.05, 4.69) is 4.98 Å². The molecule has 0 aliphatic carbocycles. The molecule has 21 heavy (non-hydrogen) atoms. The first-order valence-electron chi connectivity index (χ1n) is 6.47. The summed E-state index contributed by atoms with van der Waals surface area (Å²) in [5.41, 5.74) is 0.0913. The zero-order valence-corrected chi connectivity index (χ0v) is 11.1. The molecule has 2 aromatic rings. The Morgan fingerprint density at radius 1 is 1.43 bits per heavy atom. The van der Waals surface area contributed by atoms with Gasteiger partial charge in [-0.2, -0.15) is 0 Å². The van der Waals surface area contributed by atoms with E-state index in [9.17, 15) is 13.9 Å². The largest absolute Gasteiger partial charge is 0.394 e. The van der Waals surface area contributed by atoms with Crippen molar-refractivity contribution in [1.29, 1.82) is 0 Å². The zero-order chi connectivity index (χ0) is 14.9. The number of hydrogen-bond donors (Lipinski definition) is 1. The van der Waals surface area contributed by atoms with Gasteiger partial charge < -0.3 is 19.1 Å². The molecule has 0 radical (unpaired) electrons. The van der Waals surface area contributed by atoms with Crippen LogP contribution in [0.15, 0.2) is 36.9 Å². The van der Waals surface area contributed by atoms with Crippen LogP contribution in [0.5, 0.6) is 0 Å². The van der Waals surface area contributed by atoms with Crippen molar-refractivity contribution in [2.45, 2.75) is 18.4 Å². The van der Waals surface area contributed by atoms with E-state index in [-0.39, 0.29) is 25.3 Å². The molecule has 1 aliphatic heterocycles. The van der Waals surface area contributed by atoms with Crippen LogP contribution in [0.4, 0.5) is 8.78 Å². The third kappa shape index (κ3) is 2.67. The topological polar surface area (TPSA) is 56.5 Å². The number of aliphatic hydroxyl groups is 1. The van der Waals surface area contributed by atoms with E-state index in [0.717, 1.165) is 12.1 Å². The molecule has 1 fully saturated rings. The summed E-state index contributed by atoms with van der Waals surface area (Å²) in [6.07, 6.45) is 4.25. The van der Waals surface area contributed by atoms with Gasteiger partial charge >= 0.3 is 0 Å².